The molecule has 1 saturated carbocycles. The fourth-order valence-corrected chi connectivity index (χ4v) is 4.93. The maximum Gasteiger partial charge on any atom is 0.253 e. The average molecular weight is 439 g/mol. The van der Waals surface area contributed by atoms with Gasteiger partial charge < -0.3 is 10.6 Å². The van der Waals surface area contributed by atoms with Gasteiger partial charge in [0.25, 0.3) is 5.91 Å². The molecule has 0 saturated heterocycles. The number of hydrogen-bond donors (Lipinski definition) is 2. The summed E-state index contributed by atoms with van der Waals surface area (Å²) in [5.74, 6) is -0.127. The van der Waals surface area contributed by atoms with E-state index in [1.165, 1.54) is 4.80 Å². The number of carbonyl (C=O) groups excluding carboxylic acids is 1. The highest BCUT2D eigenvalue weighted by atomic mass is 35.5. The molecule has 1 fully saturated rings. The van der Waals surface area contributed by atoms with Gasteiger partial charge in [-0.05, 0) is 49.6 Å². The Bertz CT molecular complexity index is 1190. The molecule has 2 aromatic heterocycles. The topological polar surface area (TPSA) is 84.7 Å². The van der Waals surface area contributed by atoms with Gasteiger partial charge in [-0.1, -0.05) is 35.1 Å². The van der Waals surface area contributed by atoms with Gasteiger partial charge in [-0.25, -0.2) is 4.98 Å². The number of hydrogen-bond acceptors (Lipinski definition) is 6. The highest BCUT2D eigenvalue weighted by Crippen LogP contribution is 2.31. The summed E-state index contributed by atoms with van der Waals surface area (Å²) in [6, 6.07) is 13.2. The van der Waals surface area contributed by atoms with Gasteiger partial charge in [0.05, 0.1) is 33.9 Å². The number of rotatable bonds is 5. The van der Waals surface area contributed by atoms with Crippen LogP contribution in [0.2, 0.25) is 5.02 Å². The number of amides is 1. The number of nitrogens with zero attached hydrogens (tertiary/aromatic N) is 4. The lowest BCUT2D eigenvalue weighted by atomic mass is 10.1. The van der Waals surface area contributed by atoms with Crippen molar-refractivity contribution in [1.29, 1.82) is 0 Å². The lowest BCUT2D eigenvalue weighted by Crippen LogP contribution is -2.43. The van der Waals surface area contributed by atoms with Crippen LogP contribution in [-0.2, 0) is 0 Å². The third kappa shape index (κ3) is 3.76. The number of halogens is 1. The van der Waals surface area contributed by atoms with E-state index in [2.05, 4.69) is 25.8 Å². The van der Waals surface area contributed by atoms with Gasteiger partial charge in [0.2, 0.25) is 0 Å². The first kappa shape index (κ1) is 19.0. The highest BCUT2D eigenvalue weighted by molar-refractivity contribution is 7.22. The number of thiazole rings is 1. The summed E-state index contributed by atoms with van der Waals surface area (Å²) in [6.07, 6.45) is 6.13. The number of nitrogens with one attached hydrogen (secondary N) is 2. The Morgan fingerprint density at radius 1 is 1.10 bits per heavy atom. The van der Waals surface area contributed by atoms with Crippen molar-refractivity contribution in [3.63, 3.8) is 0 Å². The van der Waals surface area contributed by atoms with E-state index in [0.717, 1.165) is 34.6 Å². The Morgan fingerprint density at radius 3 is 2.77 bits per heavy atom. The fourth-order valence-electron chi connectivity index (χ4n) is 3.85. The number of benzene rings is 2. The minimum absolute atomic E-state index is 0.0201. The molecule has 0 spiro atoms. The minimum atomic E-state index is -0.127. The number of carbonyl (C=O) groups is 1. The molecule has 1 amide bonds. The monoisotopic (exact) mass is 438 g/mol. The van der Waals surface area contributed by atoms with E-state index in [0.29, 0.717) is 16.3 Å². The van der Waals surface area contributed by atoms with Gasteiger partial charge in [-0.15, -0.1) is 0 Å². The van der Waals surface area contributed by atoms with Crippen LogP contribution in [0.4, 0.5) is 5.13 Å². The number of aromatic nitrogens is 4. The first-order chi connectivity index (χ1) is 14.7. The van der Waals surface area contributed by atoms with E-state index < -0.39 is 0 Å². The molecular weight excluding hydrogens is 420 g/mol. The van der Waals surface area contributed by atoms with E-state index in [-0.39, 0.29) is 18.0 Å². The zero-order chi connectivity index (χ0) is 20.5. The maximum absolute atomic E-state index is 13.1. The Labute approximate surface area is 182 Å². The van der Waals surface area contributed by atoms with Crippen molar-refractivity contribution in [2.75, 3.05) is 5.32 Å². The molecule has 7 nitrogen and oxygen atoms in total. The van der Waals surface area contributed by atoms with E-state index in [4.69, 9.17) is 11.6 Å². The number of para-hydroxylation sites is 1. The molecule has 9 heteroatoms. The van der Waals surface area contributed by atoms with Crippen molar-refractivity contribution in [2.45, 2.75) is 31.3 Å². The molecule has 0 radical (unpaired) electrons. The van der Waals surface area contributed by atoms with Gasteiger partial charge in [0.15, 0.2) is 5.13 Å². The second kappa shape index (κ2) is 8.04. The molecule has 0 bridgehead atoms. The van der Waals surface area contributed by atoms with E-state index in [1.54, 1.807) is 29.8 Å². The molecule has 0 aliphatic heterocycles. The predicted molar refractivity (Wildman–Crippen MR) is 119 cm³/mol. The van der Waals surface area contributed by atoms with Crippen molar-refractivity contribution in [1.82, 2.24) is 25.3 Å². The van der Waals surface area contributed by atoms with Gasteiger partial charge >= 0.3 is 0 Å². The Balaban J connectivity index is 1.33. The summed E-state index contributed by atoms with van der Waals surface area (Å²) in [7, 11) is 0. The molecule has 2 heterocycles. The third-order valence-electron chi connectivity index (χ3n) is 5.27. The van der Waals surface area contributed by atoms with Crippen LogP contribution in [0.15, 0.2) is 54.9 Å². The highest BCUT2D eigenvalue weighted by Gasteiger charge is 2.30. The zero-order valence-corrected chi connectivity index (χ0v) is 17.5. The quantitative estimate of drug-likeness (QED) is 0.485. The maximum atomic E-state index is 13.1. The van der Waals surface area contributed by atoms with Gasteiger partial charge in [0.1, 0.15) is 0 Å². The van der Waals surface area contributed by atoms with Crippen LogP contribution in [0.5, 0.6) is 0 Å². The van der Waals surface area contributed by atoms with Crippen molar-refractivity contribution in [2.24, 2.45) is 0 Å². The first-order valence-corrected chi connectivity index (χ1v) is 11.0. The smallest absolute Gasteiger partial charge is 0.253 e. The molecule has 4 aromatic rings. The fraction of sp³-hybridized carbons (Fsp3) is 0.238. The van der Waals surface area contributed by atoms with E-state index in [9.17, 15) is 4.79 Å². The molecule has 2 atom stereocenters. The van der Waals surface area contributed by atoms with Crippen molar-refractivity contribution < 1.29 is 4.79 Å². The number of fused-ring (bicyclic) bond motifs is 1. The average Bonchev–Trinajstić information content (AvgIpc) is 3.49. The summed E-state index contributed by atoms with van der Waals surface area (Å²) >= 11 is 7.67. The van der Waals surface area contributed by atoms with Crippen LogP contribution >= 0.6 is 22.9 Å². The lowest BCUT2D eigenvalue weighted by molar-refractivity contribution is 0.0935. The van der Waals surface area contributed by atoms with Crippen LogP contribution < -0.4 is 10.6 Å². The summed E-state index contributed by atoms with van der Waals surface area (Å²) in [6.45, 7) is 0. The molecule has 152 valence electrons. The molecule has 1 aliphatic rings. The Morgan fingerprint density at radius 2 is 1.90 bits per heavy atom. The molecule has 30 heavy (non-hydrogen) atoms. The largest absolute Gasteiger partial charge is 0.357 e. The number of anilines is 1. The Kier molecular flexibility index (Phi) is 5.10. The minimum Gasteiger partial charge on any atom is -0.357 e. The lowest BCUT2D eigenvalue weighted by Gasteiger charge is -2.22. The van der Waals surface area contributed by atoms with Gasteiger partial charge in [0, 0.05) is 17.1 Å². The van der Waals surface area contributed by atoms with Crippen LogP contribution in [-0.4, -0.2) is 38.0 Å². The summed E-state index contributed by atoms with van der Waals surface area (Å²) < 4.78 is 1.08. The molecule has 5 rings (SSSR count). The van der Waals surface area contributed by atoms with Gasteiger partial charge in [-0.3, -0.25) is 4.79 Å². The predicted octanol–water partition coefficient (Wildman–Crippen LogP) is 4.29. The summed E-state index contributed by atoms with van der Waals surface area (Å²) in [5, 5.41) is 16.6. The second-order valence-corrected chi connectivity index (χ2v) is 8.70. The first-order valence-electron chi connectivity index (χ1n) is 9.76. The van der Waals surface area contributed by atoms with Crippen LogP contribution in [0.25, 0.3) is 15.9 Å². The normalized spacial score (nSPS) is 18.6. The van der Waals surface area contributed by atoms with E-state index in [1.807, 2.05) is 36.4 Å². The molecule has 2 aromatic carbocycles. The SMILES string of the molecule is O=C(N[C@H]1CCC[C@H]1Nc1nc2cc(Cl)ccc2s1)c1ccccc1-n1nccn1. The third-order valence-corrected chi connectivity index (χ3v) is 6.48. The van der Waals surface area contributed by atoms with E-state index >= 15 is 0 Å². The molecule has 2 N–H and O–H groups in total. The summed E-state index contributed by atoms with van der Waals surface area (Å²) in [5.41, 5.74) is 2.09. The van der Waals surface area contributed by atoms with Crippen LogP contribution in [0, 0.1) is 0 Å². The standard InChI is InChI=1S/C21H19ClN6OS/c22-13-8-9-19-17(12-13)27-21(30-19)26-16-6-3-5-15(16)25-20(29)14-4-1-2-7-18(14)28-23-10-11-24-28/h1-2,4,7-12,15-16H,3,5-6H2,(H,25,29)(H,26,27)/t15-,16+/m0/s1. The van der Waals surface area contributed by atoms with Crippen molar-refractivity contribution in [3.8, 4) is 5.69 Å². The second-order valence-electron chi connectivity index (χ2n) is 7.23. The molecule has 1 aliphatic carbocycles. The molecular formula is C21H19ClN6OS. The Hall–Kier alpha value is -2.97. The van der Waals surface area contributed by atoms with Crippen LogP contribution in [0.3, 0.4) is 0 Å². The van der Waals surface area contributed by atoms with Crippen molar-refractivity contribution >= 4 is 44.2 Å². The van der Waals surface area contributed by atoms with Gasteiger partial charge in [-0.2, -0.15) is 15.0 Å². The van der Waals surface area contributed by atoms with Crippen molar-refractivity contribution in [3.05, 3.63) is 65.4 Å². The zero-order valence-electron chi connectivity index (χ0n) is 16.0. The van der Waals surface area contributed by atoms with Crippen LogP contribution in [0.1, 0.15) is 29.6 Å². The summed E-state index contributed by atoms with van der Waals surface area (Å²) in [4.78, 5) is 19.2. The molecule has 0 unspecified atom stereocenters.